The topological polar surface area (TPSA) is 29.1 Å². The SMILES string of the molecule is Cc1cc(F)ccc1CC(=O)c1cccc2c1CCNC2. The summed E-state index contributed by atoms with van der Waals surface area (Å²) in [4.78, 5) is 12.6. The van der Waals surface area contributed by atoms with Gasteiger partial charge in [0.15, 0.2) is 5.78 Å². The minimum Gasteiger partial charge on any atom is -0.312 e. The zero-order valence-electron chi connectivity index (χ0n) is 12.1. The highest BCUT2D eigenvalue weighted by atomic mass is 19.1. The number of fused-ring (bicyclic) bond motifs is 1. The average Bonchev–Trinajstić information content (AvgIpc) is 2.49. The van der Waals surface area contributed by atoms with Gasteiger partial charge < -0.3 is 5.32 Å². The largest absolute Gasteiger partial charge is 0.312 e. The van der Waals surface area contributed by atoms with Crippen LogP contribution in [-0.4, -0.2) is 12.3 Å². The lowest BCUT2D eigenvalue weighted by Gasteiger charge is -2.20. The van der Waals surface area contributed by atoms with Crippen molar-refractivity contribution in [3.63, 3.8) is 0 Å². The minimum absolute atomic E-state index is 0.114. The number of carbonyl (C=O) groups is 1. The lowest BCUT2D eigenvalue weighted by molar-refractivity contribution is 0.0991. The van der Waals surface area contributed by atoms with Gasteiger partial charge in [0.25, 0.3) is 0 Å². The van der Waals surface area contributed by atoms with Gasteiger partial charge >= 0.3 is 0 Å². The molecule has 1 heterocycles. The van der Waals surface area contributed by atoms with Gasteiger partial charge in [-0.15, -0.1) is 0 Å². The molecule has 0 atom stereocenters. The van der Waals surface area contributed by atoms with Crippen molar-refractivity contribution in [2.24, 2.45) is 0 Å². The molecule has 3 rings (SSSR count). The Bertz CT molecular complexity index is 694. The fraction of sp³-hybridized carbons (Fsp3) is 0.278. The first-order valence-electron chi connectivity index (χ1n) is 7.25. The van der Waals surface area contributed by atoms with E-state index in [0.29, 0.717) is 6.42 Å². The second kappa shape index (κ2) is 5.78. The van der Waals surface area contributed by atoms with Gasteiger partial charge in [0, 0.05) is 18.5 Å². The summed E-state index contributed by atoms with van der Waals surface area (Å²) in [5.74, 6) is -0.143. The fourth-order valence-electron chi connectivity index (χ4n) is 2.92. The van der Waals surface area contributed by atoms with Gasteiger partial charge in [0.2, 0.25) is 0 Å². The molecule has 2 aromatic rings. The summed E-state index contributed by atoms with van der Waals surface area (Å²) >= 11 is 0. The summed E-state index contributed by atoms with van der Waals surface area (Å²) < 4.78 is 13.1. The van der Waals surface area contributed by atoms with Gasteiger partial charge in [-0.3, -0.25) is 4.79 Å². The number of nitrogens with one attached hydrogen (secondary N) is 1. The smallest absolute Gasteiger partial charge is 0.167 e. The molecule has 0 unspecified atom stereocenters. The first-order valence-corrected chi connectivity index (χ1v) is 7.25. The Morgan fingerprint density at radius 3 is 2.95 bits per heavy atom. The lowest BCUT2D eigenvalue weighted by Crippen LogP contribution is -2.25. The van der Waals surface area contributed by atoms with Crippen LogP contribution in [-0.2, 0) is 19.4 Å². The molecule has 0 radical (unpaired) electrons. The Balaban J connectivity index is 1.89. The van der Waals surface area contributed by atoms with Crippen molar-refractivity contribution < 1.29 is 9.18 Å². The Morgan fingerprint density at radius 2 is 2.14 bits per heavy atom. The molecule has 1 aliphatic heterocycles. The van der Waals surface area contributed by atoms with Gasteiger partial charge in [-0.2, -0.15) is 0 Å². The normalized spacial score (nSPS) is 13.8. The maximum atomic E-state index is 13.1. The van der Waals surface area contributed by atoms with Crippen molar-refractivity contribution in [2.75, 3.05) is 6.54 Å². The van der Waals surface area contributed by atoms with Gasteiger partial charge in [-0.1, -0.05) is 24.3 Å². The van der Waals surface area contributed by atoms with E-state index in [2.05, 4.69) is 11.4 Å². The molecular formula is C18H18FNO. The highest BCUT2D eigenvalue weighted by molar-refractivity contribution is 5.99. The Hall–Kier alpha value is -2.00. The molecule has 0 aromatic heterocycles. The zero-order valence-corrected chi connectivity index (χ0v) is 12.1. The molecule has 21 heavy (non-hydrogen) atoms. The average molecular weight is 283 g/mol. The van der Waals surface area contributed by atoms with Crippen LogP contribution >= 0.6 is 0 Å². The van der Waals surface area contributed by atoms with E-state index < -0.39 is 0 Å². The van der Waals surface area contributed by atoms with Gasteiger partial charge in [-0.05, 0) is 54.3 Å². The minimum atomic E-state index is -0.258. The second-order valence-electron chi connectivity index (χ2n) is 5.54. The van der Waals surface area contributed by atoms with Crippen LogP contribution in [0.15, 0.2) is 36.4 Å². The molecule has 1 aliphatic rings. The standard InChI is InChI=1S/C18H18FNO/c1-12-9-15(19)6-5-13(12)10-18(21)17-4-2-3-14-11-20-8-7-16(14)17/h2-6,9,20H,7-8,10-11H2,1H3. The van der Waals surface area contributed by atoms with Crippen LogP contribution in [0.25, 0.3) is 0 Å². The molecule has 0 saturated carbocycles. The van der Waals surface area contributed by atoms with Gasteiger partial charge in [0.05, 0.1) is 0 Å². The van der Waals surface area contributed by atoms with Crippen molar-refractivity contribution in [1.29, 1.82) is 0 Å². The summed E-state index contributed by atoms with van der Waals surface area (Å²) in [6.45, 7) is 3.58. The molecule has 1 N–H and O–H groups in total. The predicted octanol–water partition coefficient (Wildman–Crippen LogP) is 3.21. The fourth-order valence-corrected chi connectivity index (χ4v) is 2.92. The molecule has 2 aromatic carbocycles. The number of Topliss-reactive ketones (excluding diaryl/α,β-unsaturated/α-hetero) is 1. The quantitative estimate of drug-likeness (QED) is 0.876. The van der Waals surface area contributed by atoms with Crippen molar-refractivity contribution >= 4 is 5.78 Å². The Morgan fingerprint density at radius 1 is 1.29 bits per heavy atom. The van der Waals surface area contributed by atoms with E-state index in [-0.39, 0.29) is 11.6 Å². The molecule has 0 amide bonds. The van der Waals surface area contributed by atoms with Crippen LogP contribution in [0.1, 0.15) is 32.6 Å². The van der Waals surface area contributed by atoms with Crippen LogP contribution in [0.5, 0.6) is 0 Å². The number of ketones is 1. The van der Waals surface area contributed by atoms with E-state index in [1.165, 1.54) is 23.3 Å². The van der Waals surface area contributed by atoms with Gasteiger partial charge in [-0.25, -0.2) is 4.39 Å². The summed E-state index contributed by atoms with van der Waals surface area (Å²) in [5, 5.41) is 3.32. The highest BCUT2D eigenvalue weighted by Gasteiger charge is 2.18. The maximum Gasteiger partial charge on any atom is 0.167 e. The Kier molecular flexibility index (Phi) is 3.84. The second-order valence-corrected chi connectivity index (χ2v) is 5.54. The number of carbonyl (C=O) groups excluding carboxylic acids is 1. The third-order valence-electron chi connectivity index (χ3n) is 4.10. The molecule has 0 aliphatic carbocycles. The lowest BCUT2D eigenvalue weighted by atomic mass is 9.90. The zero-order chi connectivity index (χ0) is 14.8. The van der Waals surface area contributed by atoms with Crippen molar-refractivity contribution in [3.8, 4) is 0 Å². The first-order chi connectivity index (χ1) is 10.1. The molecule has 108 valence electrons. The van der Waals surface area contributed by atoms with Crippen molar-refractivity contribution in [2.45, 2.75) is 26.3 Å². The molecule has 2 nitrogen and oxygen atoms in total. The van der Waals surface area contributed by atoms with E-state index >= 15 is 0 Å². The summed E-state index contributed by atoms with van der Waals surface area (Å²) in [7, 11) is 0. The molecular weight excluding hydrogens is 265 g/mol. The highest BCUT2D eigenvalue weighted by Crippen LogP contribution is 2.21. The van der Waals surface area contributed by atoms with E-state index in [4.69, 9.17) is 0 Å². The van der Waals surface area contributed by atoms with Crippen LogP contribution < -0.4 is 5.32 Å². The third kappa shape index (κ3) is 2.88. The first kappa shape index (κ1) is 14.0. The van der Waals surface area contributed by atoms with Crippen LogP contribution in [0, 0.1) is 12.7 Å². The molecule has 0 spiro atoms. The van der Waals surface area contributed by atoms with Crippen molar-refractivity contribution in [1.82, 2.24) is 5.32 Å². The predicted molar refractivity (Wildman–Crippen MR) is 81.0 cm³/mol. The van der Waals surface area contributed by atoms with Crippen molar-refractivity contribution in [3.05, 3.63) is 70.0 Å². The maximum absolute atomic E-state index is 13.1. The number of aryl methyl sites for hydroxylation is 1. The summed E-state index contributed by atoms with van der Waals surface area (Å²) in [6.07, 6.45) is 1.22. The monoisotopic (exact) mass is 283 g/mol. The number of benzene rings is 2. The van der Waals surface area contributed by atoms with E-state index in [0.717, 1.165) is 36.2 Å². The van der Waals surface area contributed by atoms with E-state index in [1.54, 1.807) is 6.07 Å². The number of halogens is 1. The number of hydrogen-bond acceptors (Lipinski definition) is 2. The Labute approximate surface area is 124 Å². The molecule has 0 bridgehead atoms. The van der Waals surface area contributed by atoms with Crippen LogP contribution in [0.3, 0.4) is 0 Å². The van der Waals surface area contributed by atoms with E-state index in [1.807, 2.05) is 19.1 Å². The van der Waals surface area contributed by atoms with Crippen LogP contribution in [0.4, 0.5) is 4.39 Å². The number of rotatable bonds is 3. The molecule has 3 heteroatoms. The third-order valence-corrected chi connectivity index (χ3v) is 4.10. The van der Waals surface area contributed by atoms with Gasteiger partial charge in [0.1, 0.15) is 5.82 Å². The molecule has 0 fully saturated rings. The summed E-state index contributed by atoms with van der Waals surface area (Å²) in [5.41, 5.74) is 4.92. The summed E-state index contributed by atoms with van der Waals surface area (Å²) in [6, 6.07) is 10.5. The van der Waals surface area contributed by atoms with Crippen LogP contribution in [0.2, 0.25) is 0 Å². The number of hydrogen-bond donors (Lipinski definition) is 1. The van der Waals surface area contributed by atoms with E-state index in [9.17, 15) is 9.18 Å². The molecule has 0 saturated heterocycles.